The number of anilines is 1. The van der Waals surface area contributed by atoms with Crippen LogP contribution in [0.25, 0.3) is 11.1 Å². The Morgan fingerprint density at radius 1 is 1.09 bits per heavy atom. The van der Waals surface area contributed by atoms with Crippen molar-refractivity contribution in [2.45, 2.75) is 75.7 Å². The highest BCUT2D eigenvalue weighted by Crippen LogP contribution is 2.49. The Morgan fingerprint density at radius 3 is 2.43 bits per heavy atom. The number of ether oxygens (including phenoxy) is 3. The Labute approximate surface area is 276 Å². The summed E-state index contributed by atoms with van der Waals surface area (Å²) in [7, 11) is 1.87. The topological polar surface area (TPSA) is 124 Å². The number of carbonyl (C=O) groups excluding carboxylic acids is 3. The number of likely N-dealkylation sites (N-methyl/N-ethyl adjacent to an activating group) is 1. The molecule has 1 N–H and O–H groups in total. The summed E-state index contributed by atoms with van der Waals surface area (Å²) < 4.78 is 16.6. The van der Waals surface area contributed by atoms with Crippen LogP contribution in [-0.4, -0.2) is 105 Å². The summed E-state index contributed by atoms with van der Waals surface area (Å²) in [4.78, 5) is 45.1. The number of amides is 3. The summed E-state index contributed by atoms with van der Waals surface area (Å²) in [5, 5.41) is 12.7. The van der Waals surface area contributed by atoms with E-state index < -0.39 is 35.2 Å². The van der Waals surface area contributed by atoms with E-state index in [4.69, 9.17) is 14.2 Å². The van der Waals surface area contributed by atoms with Crippen LogP contribution in [0.5, 0.6) is 0 Å². The van der Waals surface area contributed by atoms with Gasteiger partial charge in [0.2, 0.25) is 5.91 Å². The third kappa shape index (κ3) is 6.86. The number of likely N-dealkylation sites (tertiary alicyclic amines) is 1. The molecule has 11 heteroatoms. The van der Waals surface area contributed by atoms with Crippen LogP contribution in [-0.2, 0) is 35.6 Å². The number of hydrogen-bond donors (Lipinski definition) is 1. The monoisotopic (exact) mass is 643 g/mol. The second-order valence-corrected chi connectivity index (χ2v) is 14.1. The van der Waals surface area contributed by atoms with Crippen LogP contribution in [0, 0.1) is 11.3 Å². The van der Waals surface area contributed by atoms with Crippen LogP contribution in [0.1, 0.15) is 51.2 Å². The van der Waals surface area contributed by atoms with Crippen molar-refractivity contribution in [1.29, 1.82) is 5.26 Å². The Balaban J connectivity index is 1.10. The van der Waals surface area contributed by atoms with Gasteiger partial charge in [-0.3, -0.25) is 14.5 Å². The van der Waals surface area contributed by atoms with E-state index in [9.17, 15) is 19.6 Å². The molecule has 0 aromatic heterocycles. The first-order valence-corrected chi connectivity index (χ1v) is 16.6. The van der Waals surface area contributed by atoms with E-state index in [1.54, 1.807) is 20.8 Å². The van der Waals surface area contributed by atoms with Crippen LogP contribution in [0.15, 0.2) is 42.5 Å². The summed E-state index contributed by atoms with van der Waals surface area (Å²) in [6.45, 7) is 9.55. The SMILES string of the molecule is CN1C(=O)C2(CCN(C3COC3)CC2)c2cc(-c3ccc(C[C@@H](C#N)NC(=O)[C@@H]4CN(C(=O)OC(C)(C)C)CCCO4)cc3)ccc21. The van der Waals surface area contributed by atoms with Gasteiger partial charge in [-0.15, -0.1) is 0 Å². The van der Waals surface area contributed by atoms with Gasteiger partial charge in [-0.25, -0.2) is 4.79 Å². The highest BCUT2D eigenvalue weighted by molar-refractivity contribution is 6.08. The van der Waals surface area contributed by atoms with Crippen molar-refractivity contribution >= 4 is 23.6 Å². The molecule has 0 radical (unpaired) electrons. The first-order valence-electron chi connectivity index (χ1n) is 16.6. The molecule has 3 amide bonds. The molecule has 1 spiro atoms. The largest absolute Gasteiger partial charge is 0.444 e. The van der Waals surface area contributed by atoms with E-state index in [-0.39, 0.29) is 12.5 Å². The number of carbonyl (C=O) groups is 3. The number of nitriles is 1. The lowest BCUT2D eigenvalue weighted by Gasteiger charge is -2.44. The van der Waals surface area contributed by atoms with Crippen molar-refractivity contribution in [3.05, 3.63) is 53.6 Å². The zero-order chi connectivity index (χ0) is 33.3. The van der Waals surface area contributed by atoms with Gasteiger partial charge < -0.3 is 29.3 Å². The molecule has 47 heavy (non-hydrogen) atoms. The van der Waals surface area contributed by atoms with Crippen LogP contribution in [0.4, 0.5) is 10.5 Å². The van der Waals surface area contributed by atoms with Crippen LogP contribution < -0.4 is 10.2 Å². The zero-order valence-electron chi connectivity index (χ0n) is 27.8. The number of fused-ring (bicyclic) bond motifs is 2. The van der Waals surface area contributed by atoms with Gasteiger partial charge >= 0.3 is 6.09 Å². The average molecular weight is 644 g/mol. The standard InChI is InChI=1S/C36H45N5O6/c1-35(2,3)47-34(44)41-14-5-17-46-31(21-41)32(42)38-27(20-37)18-24-6-8-25(9-7-24)26-10-11-30-29(19-26)36(33(43)39(30)4)12-15-40(16-13-36)28-22-45-23-28/h6-11,19,27-28,31H,5,12-18,21-23H2,1-4H3,(H,38,42)/t27-,31-/m0/s1. The summed E-state index contributed by atoms with van der Waals surface area (Å²) in [6, 6.07) is 16.2. The van der Waals surface area contributed by atoms with Gasteiger partial charge in [-0.2, -0.15) is 5.26 Å². The predicted octanol–water partition coefficient (Wildman–Crippen LogP) is 3.64. The van der Waals surface area contributed by atoms with Crippen LogP contribution >= 0.6 is 0 Å². The third-order valence-corrected chi connectivity index (χ3v) is 9.80. The average Bonchev–Trinajstić information content (AvgIpc) is 3.19. The number of piperidine rings is 1. The number of nitrogens with one attached hydrogen (secondary N) is 1. The molecule has 4 aliphatic rings. The van der Waals surface area contributed by atoms with Crippen LogP contribution in [0.2, 0.25) is 0 Å². The second kappa shape index (κ2) is 13.3. The van der Waals surface area contributed by atoms with Crippen molar-refractivity contribution in [3.8, 4) is 17.2 Å². The first kappa shape index (κ1) is 32.9. The minimum absolute atomic E-state index is 0.0603. The van der Waals surface area contributed by atoms with Crippen molar-refractivity contribution in [2.75, 3.05) is 57.9 Å². The Hall–Kier alpha value is -3.98. The van der Waals surface area contributed by atoms with Crippen LogP contribution in [0.3, 0.4) is 0 Å². The molecule has 2 aromatic rings. The smallest absolute Gasteiger partial charge is 0.410 e. The van der Waals surface area contributed by atoms with E-state index in [0.29, 0.717) is 32.0 Å². The Morgan fingerprint density at radius 2 is 1.79 bits per heavy atom. The normalized spacial score (nSPS) is 22.2. The molecule has 0 unspecified atom stereocenters. The molecule has 4 aliphatic heterocycles. The fourth-order valence-corrected chi connectivity index (χ4v) is 7.06. The highest BCUT2D eigenvalue weighted by Gasteiger charge is 2.51. The van der Waals surface area contributed by atoms with Crippen molar-refractivity contribution in [2.24, 2.45) is 0 Å². The summed E-state index contributed by atoms with van der Waals surface area (Å²) >= 11 is 0. The summed E-state index contributed by atoms with van der Waals surface area (Å²) in [6.07, 6.45) is 1.13. The van der Waals surface area contributed by atoms with Gasteiger partial charge in [-0.1, -0.05) is 30.3 Å². The molecule has 4 heterocycles. The van der Waals surface area contributed by atoms with Crippen molar-refractivity contribution < 1.29 is 28.6 Å². The number of nitrogens with zero attached hydrogens (tertiary/aromatic N) is 4. The van der Waals surface area contributed by atoms with Crippen molar-refractivity contribution in [1.82, 2.24) is 15.1 Å². The molecule has 0 aliphatic carbocycles. The molecule has 0 bridgehead atoms. The number of rotatable bonds is 6. The van der Waals surface area contributed by atoms with Gasteiger partial charge in [0.05, 0.1) is 37.3 Å². The predicted molar refractivity (Wildman–Crippen MR) is 176 cm³/mol. The second-order valence-electron chi connectivity index (χ2n) is 14.1. The molecule has 6 rings (SSSR count). The van der Waals surface area contributed by atoms with E-state index in [1.807, 2.05) is 36.2 Å². The molecule has 11 nitrogen and oxygen atoms in total. The van der Waals surface area contributed by atoms with E-state index in [1.165, 1.54) is 4.90 Å². The highest BCUT2D eigenvalue weighted by atomic mass is 16.6. The van der Waals surface area contributed by atoms with Gasteiger partial charge in [0, 0.05) is 32.3 Å². The van der Waals surface area contributed by atoms with E-state index in [2.05, 4.69) is 34.5 Å². The maximum atomic E-state index is 13.6. The van der Waals surface area contributed by atoms with Crippen molar-refractivity contribution in [3.63, 3.8) is 0 Å². The number of benzene rings is 2. The third-order valence-electron chi connectivity index (χ3n) is 9.80. The molecular weight excluding hydrogens is 598 g/mol. The fourth-order valence-electron chi connectivity index (χ4n) is 7.06. The molecule has 250 valence electrons. The molecule has 3 fully saturated rings. The maximum Gasteiger partial charge on any atom is 0.410 e. The number of hydrogen-bond acceptors (Lipinski definition) is 8. The Bertz CT molecular complexity index is 1530. The van der Waals surface area contributed by atoms with E-state index in [0.717, 1.165) is 67.1 Å². The maximum absolute atomic E-state index is 13.6. The zero-order valence-corrected chi connectivity index (χ0v) is 27.8. The summed E-state index contributed by atoms with van der Waals surface area (Å²) in [5.74, 6) is -0.247. The first-order chi connectivity index (χ1) is 22.5. The molecule has 2 aromatic carbocycles. The lowest BCUT2D eigenvalue weighted by Crippen LogP contribution is -2.56. The molecule has 3 saturated heterocycles. The van der Waals surface area contributed by atoms with Gasteiger partial charge in [0.1, 0.15) is 11.6 Å². The van der Waals surface area contributed by atoms with Gasteiger partial charge in [0.15, 0.2) is 6.10 Å². The summed E-state index contributed by atoms with van der Waals surface area (Å²) in [5.41, 5.74) is 3.90. The lowest BCUT2D eigenvalue weighted by atomic mass is 9.73. The quantitative estimate of drug-likeness (QED) is 0.506. The fraction of sp³-hybridized carbons (Fsp3) is 0.556. The Kier molecular flexibility index (Phi) is 9.29. The molecule has 2 atom stereocenters. The van der Waals surface area contributed by atoms with Gasteiger partial charge in [-0.05, 0) is 87.5 Å². The lowest BCUT2D eigenvalue weighted by molar-refractivity contribution is -0.133. The van der Waals surface area contributed by atoms with E-state index >= 15 is 0 Å². The molecule has 0 saturated carbocycles. The minimum atomic E-state index is -0.892. The minimum Gasteiger partial charge on any atom is -0.444 e. The molecular formula is C36H45N5O6. The van der Waals surface area contributed by atoms with Gasteiger partial charge in [0.25, 0.3) is 5.91 Å².